The summed E-state index contributed by atoms with van der Waals surface area (Å²) < 4.78 is 5.49. The number of nitrogens with one attached hydrogen (secondary N) is 1. The van der Waals surface area contributed by atoms with Gasteiger partial charge in [-0.1, -0.05) is 20.8 Å². The Bertz CT molecular complexity index is 219. The number of ether oxygens (including phenoxy) is 1. The highest BCUT2D eigenvalue weighted by atomic mass is 16.5. The summed E-state index contributed by atoms with van der Waals surface area (Å²) in [6, 6.07) is 1.13. The molecule has 0 radical (unpaired) electrons. The minimum Gasteiger partial charge on any atom is -0.381 e. The Morgan fingerprint density at radius 3 is 2.47 bits per heavy atom. The van der Waals surface area contributed by atoms with E-state index in [-0.39, 0.29) is 0 Å². The molecule has 0 aliphatic carbocycles. The molecule has 0 aromatic rings. The van der Waals surface area contributed by atoms with Crippen LogP contribution in [0.4, 0.5) is 0 Å². The van der Waals surface area contributed by atoms with Crippen molar-refractivity contribution >= 4 is 0 Å². The maximum Gasteiger partial charge on any atom is 0.0510 e. The monoisotopic (exact) mass is 242 g/mol. The van der Waals surface area contributed by atoms with Crippen molar-refractivity contribution in [3.63, 3.8) is 0 Å². The fourth-order valence-corrected chi connectivity index (χ4v) is 2.48. The van der Waals surface area contributed by atoms with Crippen LogP contribution < -0.4 is 5.32 Å². The van der Waals surface area contributed by atoms with Gasteiger partial charge in [0.2, 0.25) is 0 Å². The highest BCUT2D eigenvalue weighted by Gasteiger charge is 2.29. The van der Waals surface area contributed by atoms with Gasteiger partial charge in [0.15, 0.2) is 0 Å². The molecular weight excluding hydrogens is 212 g/mol. The molecule has 1 heterocycles. The second-order valence-corrected chi connectivity index (χ2v) is 6.50. The molecule has 3 heteroatoms. The van der Waals surface area contributed by atoms with Gasteiger partial charge in [0.05, 0.1) is 6.61 Å². The molecule has 1 fully saturated rings. The van der Waals surface area contributed by atoms with Crippen LogP contribution in [-0.2, 0) is 4.74 Å². The summed E-state index contributed by atoms with van der Waals surface area (Å²) in [5.41, 5.74) is 0.333. The van der Waals surface area contributed by atoms with E-state index in [0.717, 1.165) is 19.8 Å². The van der Waals surface area contributed by atoms with E-state index in [9.17, 15) is 0 Å². The lowest BCUT2D eigenvalue weighted by molar-refractivity contribution is 0.113. The Morgan fingerprint density at radius 1 is 1.41 bits per heavy atom. The van der Waals surface area contributed by atoms with Crippen LogP contribution in [0.15, 0.2) is 0 Å². The quantitative estimate of drug-likeness (QED) is 0.798. The first-order valence-electron chi connectivity index (χ1n) is 6.81. The average Bonchev–Trinajstić information content (AvgIpc) is 2.76. The minimum absolute atomic E-state index is 0.333. The van der Waals surface area contributed by atoms with E-state index in [1.165, 1.54) is 6.42 Å². The highest BCUT2D eigenvalue weighted by molar-refractivity contribution is 4.84. The van der Waals surface area contributed by atoms with Crippen LogP contribution in [0, 0.1) is 11.3 Å². The molecule has 102 valence electrons. The van der Waals surface area contributed by atoms with Gasteiger partial charge in [-0.15, -0.1) is 0 Å². The first-order valence-corrected chi connectivity index (χ1v) is 6.81. The van der Waals surface area contributed by atoms with Gasteiger partial charge in [-0.25, -0.2) is 0 Å². The first kappa shape index (κ1) is 14.9. The Morgan fingerprint density at radius 2 is 2.06 bits per heavy atom. The van der Waals surface area contributed by atoms with Gasteiger partial charge in [0, 0.05) is 31.2 Å². The Hall–Kier alpha value is -0.120. The standard InChI is InChI=1S/C14H30N2O/c1-11(14(2,3)4)16(6)9-13(15-5)12-7-8-17-10-12/h11-13,15H,7-10H2,1-6H3. The zero-order valence-corrected chi connectivity index (χ0v) is 12.4. The van der Waals surface area contributed by atoms with E-state index in [1.54, 1.807) is 0 Å². The Kier molecular flexibility index (Phi) is 5.42. The van der Waals surface area contributed by atoms with Crippen molar-refractivity contribution < 1.29 is 4.74 Å². The normalized spacial score (nSPS) is 25.2. The SMILES string of the molecule is CNC(CN(C)C(C)C(C)(C)C)C1CCOC1. The lowest BCUT2D eigenvalue weighted by Gasteiger charge is -2.38. The zero-order valence-electron chi connectivity index (χ0n) is 12.4. The van der Waals surface area contributed by atoms with Gasteiger partial charge in [-0.05, 0) is 32.9 Å². The molecule has 3 nitrogen and oxygen atoms in total. The number of rotatable bonds is 5. The van der Waals surface area contributed by atoms with E-state index in [0.29, 0.717) is 23.4 Å². The highest BCUT2D eigenvalue weighted by Crippen LogP contribution is 2.24. The molecule has 0 aromatic heterocycles. The number of hydrogen-bond acceptors (Lipinski definition) is 3. The van der Waals surface area contributed by atoms with Crippen LogP contribution in [0.5, 0.6) is 0 Å². The van der Waals surface area contributed by atoms with Crippen LogP contribution >= 0.6 is 0 Å². The summed E-state index contributed by atoms with van der Waals surface area (Å²) in [5, 5.41) is 3.46. The molecule has 1 N–H and O–H groups in total. The molecule has 0 saturated carbocycles. The second-order valence-electron chi connectivity index (χ2n) is 6.50. The summed E-state index contributed by atoms with van der Waals surface area (Å²) in [4.78, 5) is 2.47. The van der Waals surface area contributed by atoms with Gasteiger partial charge in [-0.2, -0.15) is 0 Å². The smallest absolute Gasteiger partial charge is 0.0510 e. The van der Waals surface area contributed by atoms with Gasteiger partial charge >= 0.3 is 0 Å². The number of hydrogen-bond donors (Lipinski definition) is 1. The maximum atomic E-state index is 5.49. The summed E-state index contributed by atoms with van der Waals surface area (Å²) >= 11 is 0. The molecule has 1 aliphatic rings. The molecule has 3 unspecified atom stereocenters. The van der Waals surface area contributed by atoms with Crippen LogP contribution in [0.3, 0.4) is 0 Å². The molecule has 1 aliphatic heterocycles. The third kappa shape index (κ3) is 4.23. The summed E-state index contributed by atoms with van der Waals surface area (Å²) in [6.45, 7) is 12.2. The van der Waals surface area contributed by atoms with Crippen molar-refractivity contribution in [2.45, 2.75) is 46.2 Å². The third-order valence-electron chi connectivity index (χ3n) is 4.30. The molecule has 0 spiro atoms. The summed E-state index contributed by atoms with van der Waals surface area (Å²) in [6.07, 6.45) is 1.20. The van der Waals surface area contributed by atoms with Crippen molar-refractivity contribution in [1.82, 2.24) is 10.2 Å². The molecular formula is C14H30N2O. The second kappa shape index (κ2) is 6.17. The fraction of sp³-hybridized carbons (Fsp3) is 1.00. The van der Waals surface area contributed by atoms with Gasteiger partial charge in [0.25, 0.3) is 0 Å². The Balaban J connectivity index is 2.49. The number of nitrogens with zero attached hydrogens (tertiary/aromatic N) is 1. The van der Waals surface area contributed by atoms with E-state index >= 15 is 0 Å². The zero-order chi connectivity index (χ0) is 13.1. The van der Waals surface area contributed by atoms with Crippen molar-refractivity contribution in [2.75, 3.05) is 33.9 Å². The van der Waals surface area contributed by atoms with Gasteiger partial charge in [-0.3, -0.25) is 0 Å². The topological polar surface area (TPSA) is 24.5 Å². The lowest BCUT2D eigenvalue weighted by atomic mass is 9.86. The van der Waals surface area contributed by atoms with Gasteiger partial charge in [0.1, 0.15) is 0 Å². The van der Waals surface area contributed by atoms with Crippen molar-refractivity contribution in [1.29, 1.82) is 0 Å². The number of likely N-dealkylation sites (N-methyl/N-ethyl adjacent to an activating group) is 2. The van der Waals surface area contributed by atoms with Crippen LogP contribution in [0.2, 0.25) is 0 Å². The van der Waals surface area contributed by atoms with E-state index in [4.69, 9.17) is 4.74 Å². The van der Waals surface area contributed by atoms with Crippen molar-refractivity contribution in [3.8, 4) is 0 Å². The van der Waals surface area contributed by atoms with Crippen molar-refractivity contribution in [2.24, 2.45) is 11.3 Å². The largest absolute Gasteiger partial charge is 0.381 e. The molecule has 17 heavy (non-hydrogen) atoms. The predicted octanol–water partition coefficient (Wildman–Crippen LogP) is 1.98. The van der Waals surface area contributed by atoms with E-state index in [1.807, 2.05) is 0 Å². The molecule has 1 saturated heterocycles. The predicted molar refractivity (Wildman–Crippen MR) is 73.3 cm³/mol. The third-order valence-corrected chi connectivity index (χ3v) is 4.30. The van der Waals surface area contributed by atoms with E-state index < -0.39 is 0 Å². The first-order chi connectivity index (χ1) is 7.86. The lowest BCUT2D eigenvalue weighted by Crippen LogP contribution is -2.48. The summed E-state index contributed by atoms with van der Waals surface area (Å²) in [7, 11) is 4.30. The molecule has 1 rings (SSSR count). The molecule has 0 amide bonds. The van der Waals surface area contributed by atoms with Crippen molar-refractivity contribution in [3.05, 3.63) is 0 Å². The average molecular weight is 242 g/mol. The van der Waals surface area contributed by atoms with Crippen LogP contribution in [0.1, 0.15) is 34.1 Å². The molecule has 0 bridgehead atoms. The molecule has 3 atom stereocenters. The Labute approximate surface area is 107 Å². The maximum absolute atomic E-state index is 5.49. The fourth-order valence-electron chi connectivity index (χ4n) is 2.48. The van der Waals surface area contributed by atoms with Gasteiger partial charge < -0.3 is 15.0 Å². The summed E-state index contributed by atoms with van der Waals surface area (Å²) in [5.74, 6) is 0.676. The van der Waals surface area contributed by atoms with Crippen LogP contribution in [0.25, 0.3) is 0 Å². The van der Waals surface area contributed by atoms with Crippen LogP contribution in [-0.4, -0.2) is 50.8 Å². The van der Waals surface area contributed by atoms with E-state index in [2.05, 4.69) is 52.0 Å². The molecule has 0 aromatic carbocycles. The minimum atomic E-state index is 0.333.